The first-order chi connectivity index (χ1) is 13.3. The Morgan fingerprint density at radius 1 is 1.00 bits per heavy atom. The van der Waals surface area contributed by atoms with Gasteiger partial charge in [-0.15, -0.1) is 10.2 Å². The number of nitrogens with zero attached hydrogens (tertiary/aromatic N) is 3. The van der Waals surface area contributed by atoms with Gasteiger partial charge in [-0.1, -0.05) is 30.3 Å². The Morgan fingerprint density at radius 3 is 2.63 bits per heavy atom. The van der Waals surface area contributed by atoms with Gasteiger partial charge in [-0.2, -0.15) is 0 Å². The zero-order valence-electron chi connectivity index (χ0n) is 15.4. The second kappa shape index (κ2) is 8.16. The van der Waals surface area contributed by atoms with Gasteiger partial charge in [-0.05, 0) is 55.5 Å². The van der Waals surface area contributed by atoms with Crippen LogP contribution in [0.15, 0.2) is 54.6 Å². The van der Waals surface area contributed by atoms with E-state index >= 15 is 0 Å². The van der Waals surface area contributed by atoms with E-state index in [1.807, 2.05) is 42.5 Å². The topological polar surface area (TPSA) is 59.8 Å². The van der Waals surface area contributed by atoms with Crippen LogP contribution in [-0.4, -0.2) is 20.7 Å². The highest BCUT2D eigenvalue weighted by molar-refractivity contribution is 5.90. The molecule has 5 heteroatoms. The van der Waals surface area contributed by atoms with E-state index in [9.17, 15) is 4.79 Å². The van der Waals surface area contributed by atoms with Crippen molar-refractivity contribution in [2.45, 2.75) is 45.1 Å². The zero-order chi connectivity index (χ0) is 18.5. The highest BCUT2D eigenvalue weighted by atomic mass is 16.1. The summed E-state index contributed by atoms with van der Waals surface area (Å²) in [5.41, 5.74) is 3.13. The molecular formula is C22H24N4O. The Hall–Kier alpha value is -2.95. The van der Waals surface area contributed by atoms with Crippen LogP contribution in [0.3, 0.4) is 0 Å². The number of nitrogens with one attached hydrogen (secondary N) is 1. The van der Waals surface area contributed by atoms with E-state index in [2.05, 4.69) is 32.2 Å². The second-order valence-electron chi connectivity index (χ2n) is 7.01. The van der Waals surface area contributed by atoms with Crippen LogP contribution in [-0.2, 0) is 24.2 Å². The number of hydrogen-bond donors (Lipinski definition) is 1. The molecule has 1 N–H and O–H groups in total. The van der Waals surface area contributed by atoms with E-state index in [1.54, 1.807) is 0 Å². The average molecular weight is 360 g/mol. The number of fused-ring (bicyclic) bond motifs is 1. The maximum absolute atomic E-state index is 12.2. The number of aromatic nitrogens is 3. The lowest BCUT2D eigenvalue weighted by Crippen LogP contribution is -2.12. The highest BCUT2D eigenvalue weighted by Crippen LogP contribution is 2.24. The summed E-state index contributed by atoms with van der Waals surface area (Å²) in [6.45, 7) is 0.984. The van der Waals surface area contributed by atoms with Crippen LogP contribution in [0.5, 0.6) is 0 Å². The van der Waals surface area contributed by atoms with Crippen molar-refractivity contribution in [3.63, 3.8) is 0 Å². The van der Waals surface area contributed by atoms with Gasteiger partial charge in [0, 0.05) is 30.6 Å². The van der Waals surface area contributed by atoms with Gasteiger partial charge in [-0.3, -0.25) is 4.79 Å². The van der Waals surface area contributed by atoms with E-state index < -0.39 is 0 Å². The number of hydrogen-bond acceptors (Lipinski definition) is 3. The number of rotatable bonds is 6. The molecule has 27 heavy (non-hydrogen) atoms. The molecule has 1 aromatic heterocycles. The monoisotopic (exact) mass is 360 g/mol. The standard InChI is InChI=1S/C22H24N4O/c27-21(11-6-9-17-7-2-1-3-8-17)23-19-14-12-18(13-15-19)22-25-24-20-10-4-5-16-26(20)22/h1-3,7-8,12-15H,4-6,9-11,16H2,(H,23,27). The predicted molar refractivity (Wildman–Crippen MR) is 106 cm³/mol. The van der Waals surface area contributed by atoms with Gasteiger partial charge in [0.05, 0.1) is 0 Å². The number of benzene rings is 2. The lowest BCUT2D eigenvalue weighted by atomic mass is 10.1. The number of carbonyl (C=O) groups is 1. The van der Waals surface area contributed by atoms with Gasteiger partial charge < -0.3 is 9.88 Å². The van der Waals surface area contributed by atoms with Crippen LogP contribution in [0.4, 0.5) is 5.69 Å². The minimum absolute atomic E-state index is 0.0542. The average Bonchev–Trinajstić information content (AvgIpc) is 3.14. The molecule has 0 fully saturated rings. The maximum atomic E-state index is 12.2. The van der Waals surface area contributed by atoms with Gasteiger partial charge in [-0.25, -0.2) is 0 Å². The molecule has 0 spiro atoms. The largest absolute Gasteiger partial charge is 0.326 e. The first kappa shape index (κ1) is 17.5. The quantitative estimate of drug-likeness (QED) is 0.715. The first-order valence-corrected chi connectivity index (χ1v) is 9.66. The second-order valence-corrected chi connectivity index (χ2v) is 7.01. The van der Waals surface area contributed by atoms with Crippen LogP contribution < -0.4 is 5.32 Å². The normalized spacial score (nSPS) is 13.2. The fourth-order valence-corrected chi connectivity index (χ4v) is 3.55. The van der Waals surface area contributed by atoms with Crippen molar-refractivity contribution in [3.8, 4) is 11.4 Å². The third-order valence-electron chi connectivity index (χ3n) is 5.00. The zero-order valence-corrected chi connectivity index (χ0v) is 15.4. The van der Waals surface area contributed by atoms with Crippen molar-refractivity contribution < 1.29 is 4.79 Å². The third-order valence-corrected chi connectivity index (χ3v) is 5.00. The molecule has 2 heterocycles. The predicted octanol–water partition coefficient (Wildman–Crippen LogP) is 4.24. The molecule has 0 bridgehead atoms. The summed E-state index contributed by atoms with van der Waals surface area (Å²) < 4.78 is 2.21. The fourth-order valence-electron chi connectivity index (χ4n) is 3.55. The molecule has 0 aliphatic carbocycles. The number of carbonyl (C=O) groups excluding carboxylic acids is 1. The molecular weight excluding hydrogens is 336 g/mol. The minimum atomic E-state index is 0.0542. The lowest BCUT2D eigenvalue weighted by molar-refractivity contribution is -0.116. The Balaban J connectivity index is 1.32. The maximum Gasteiger partial charge on any atom is 0.224 e. The van der Waals surface area contributed by atoms with Crippen molar-refractivity contribution >= 4 is 11.6 Å². The molecule has 4 rings (SSSR count). The molecule has 0 saturated heterocycles. The third kappa shape index (κ3) is 4.25. The molecule has 5 nitrogen and oxygen atoms in total. The molecule has 1 aliphatic rings. The number of anilines is 1. The molecule has 2 aromatic carbocycles. The molecule has 1 aliphatic heterocycles. The molecule has 0 atom stereocenters. The Labute approximate surface area is 159 Å². The van der Waals surface area contributed by atoms with Gasteiger partial charge in [0.2, 0.25) is 5.91 Å². The highest BCUT2D eigenvalue weighted by Gasteiger charge is 2.16. The summed E-state index contributed by atoms with van der Waals surface area (Å²) in [7, 11) is 0. The SMILES string of the molecule is O=C(CCCc1ccccc1)Nc1ccc(-c2nnc3n2CCCC3)cc1. The smallest absolute Gasteiger partial charge is 0.224 e. The molecule has 0 radical (unpaired) electrons. The Kier molecular flexibility index (Phi) is 5.28. The first-order valence-electron chi connectivity index (χ1n) is 9.66. The lowest BCUT2D eigenvalue weighted by Gasteiger charge is -2.14. The van der Waals surface area contributed by atoms with Crippen LogP contribution in [0.1, 0.15) is 37.1 Å². The van der Waals surface area contributed by atoms with E-state index in [0.29, 0.717) is 6.42 Å². The van der Waals surface area contributed by atoms with E-state index in [1.165, 1.54) is 18.4 Å². The van der Waals surface area contributed by atoms with E-state index in [0.717, 1.165) is 48.7 Å². The van der Waals surface area contributed by atoms with Crippen LogP contribution >= 0.6 is 0 Å². The summed E-state index contributed by atoms with van der Waals surface area (Å²) in [6, 6.07) is 18.2. The van der Waals surface area contributed by atoms with Crippen LogP contribution in [0.2, 0.25) is 0 Å². The van der Waals surface area contributed by atoms with Crippen molar-refractivity contribution in [1.29, 1.82) is 0 Å². The summed E-state index contributed by atoms with van der Waals surface area (Å²) in [4.78, 5) is 12.2. The van der Waals surface area contributed by atoms with E-state index in [4.69, 9.17) is 0 Å². The van der Waals surface area contributed by atoms with Gasteiger partial charge in [0.25, 0.3) is 0 Å². The van der Waals surface area contributed by atoms with Crippen molar-refractivity contribution in [2.75, 3.05) is 5.32 Å². The van der Waals surface area contributed by atoms with Crippen molar-refractivity contribution in [3.05, 3.63) is 66.0 Å². The summed E-state index contributed by atoms with van der Waals surface area (Å²) in [5, 5.41) is 11.6. The van der Waals surface area contributed by atoms with Crippen LogP contribution in [0, 0.1) is 0 Å². The summed E-state index contributed by atoms with van der Waals surface area (Å²) >= 11 is 0. The van der Waals surface area contributed by atoms with Gasteiger partial charge >= 0.3 is 0 Å². The summed E-state index contributed by atoms with van der Waals surface area (Å²) in [5.74, 6) is 2.05. The summed E-state index contributed by atoms with van der Waals surface area (Å²) in [6.07, 6.45) is 5.66. The number of amides is 1. The molecule has 3 aromatic rings. The van der Waals surface area contributed by atoms with E-state index in [-0.39, 0.29) is 5.91 Å². The fraction of sp³-hybridized carbons (Fsp3) is 0.318. The van der Waals surface area contributed by atoms with Gasteiger partial charge in [0.1, 0.15) is 5.82 Å². The Bertz CT molecular complexity index is 900. The molecule has 138 valence electrons. The minimum Gasteiger partial charge on any atom is -0.326 e. The molecule has 0 saturated carbocycles. The molecule has 0 unspecified atom stereocenters. The Morgan fingerprint density at radius 2 is 1.81 bits per heavy atom. The van der Waals surface area contributed by atoms with Gasteiger partial charge in [0.15, 0.2) is 5.82 Å². The molecule has 1 amide bonds. The number of aryl methyl sites for hydroxylation is 2. The van der Waals surface area contributed by atoms with Crippen molar-refractivity contribution in [1.82, 2.24) is 14.8 Å². The van der Waals surface area contributed by atoms with Crippen molar-refractivity contribution in [2.24, 2.45) is 0 Å². The van der Waals surface area contributed by atoms with Crippen LogP contribution in [0.25, 0.3) is 11.4 Å².